The molecule has 1 amide bonds. The van der Waals surface area contributed by atoms with Crippen LogP contribution in [0.4, 0.5) is 0 Å². The van der Waals surface area contributed by atoms with E-state index in [0.29, 0.717) is 32.2 Å². The number of hydrogen-bond acceptors (Lipinski definition) is 4. The average molecular weight is 416 g/mol. The van der Waals surface area contributed by atoms with E-state index in [1.807, 2.05) is 55.5 Å². The first-order valence-corrected chi connectivity index (χ1v) is 11.2. The standard InChI is InChI=1S/C25H37NO4/c1-2-26-25(30)13-9-4-3-8-12-21-22(24(29)18-23(21)28)17-16-20(27)15-14-19-10-6-5-7-11-19/h3,5-8,10-11,16-17,20-24,27-29H,2,4,9,12-15,18H2,1H3,(H,26,30)/b8-3-,17-16+/t20?,21-,22-,23+,24?/m1/s1. The van der Waals surface area contributed by atoms with E-state index in [1.54, 1.807) is 6.08 Å². The number of allylic oxidation sites excluding steroid dienone is 2. The van der Waals surface area contributed by atoms with E-state index in [2.05, 4.69) is 5.32 Å². The van der Waals surface area contributed by atoms with Gasteiger partial charge in [-0.25, -0.2) is 0 Å². The van der Waals surface area contributed by atoms with Crippen LogP contribution in [-0.2, 0) is 11.2 Å². The molecule has 1 aromatic rings. The third-order valence-electron chi connectivity index (χ3n) is 5.77. The predicted molar refractivity (Wildman–Crippen MR) is 120 cm³/mol. The molecule has 0 bridgehead atoms. The second kappa shape index (κ2) is 13.4. The molecule has 1 fully saturated rings. The van der Waals surface area contributed by atoms with Crippen molar-refractivity contribution in [2.75, 3.05) is 6.54 Å². The van der Waals surface area contributed by atoms with Crippen LogP contribution in [0.3, 0.4) is 0 Å². The maximum absolute atomic E-state index is 11.4. The fourth-order valence-corrected chi connectivity index (χ4v) is 4.06. The van der Waals surface area contributed by atoms with E-state index in [9.17, 15) is 20.1 Å². The highest BCUT2D eigenvalue weighted by Gasteiger charge is 2.39. The Labute approximate surface area is 180 Å². The lowest BCUT2D eigenvalue weighted by atomic mass is 9.89. The van der Waals surface area contributed by atoms with Crippen LogP contribution >= 0.6 is 0 Å². The minimum Gasteiger partial charge on any atom is -0.393 e. The molecule has 30 heavy (non-hydrogen) atoms. The van der Waals surface area contributed by atoms with Gasteiger partial charge in [-0.2, -0.15) is 0 Å². The quantitative estimate of drug-likeness (QED) is 0.312. The molecule has 2 rings (SSSR count). The normalized spacial score (nSPS) is 25.2. The number of amides is 1. The van der Waals surface area contributed by atoms with E-state index in [1.165, 1.54) is 5.56 Å². The van der Waals surface area contributed by atoms with Gasteiger partial charge in [0, 0.05) is 25.3 Å². The van der Waals surface area contributed by atoms with Crippen molar-refractivity contribution >= 4 is 5.91 Å². The third-order valence-corrected chi connectivity index (χ3v) is 5.77. The molecule has 0 heterocycles. The molecule has 166 valence electrons. The van der Waals surface area contributed by atoms with E-state index in [-0.39, 0.29) is 17.7 Å². The number of unbranched alkanes of at least 4 members (excludes halogenated alkanes) is 1. The number of aryl methyl sites for hydroxylation is 1. The van der Waals surface area contributed by atoms with E-state index < -0.39 is 18.3 Å². The Balaban J connectivity index is 1.78. The van der Waals surface area contributed by atoms with Gasteiger partial charge in [0.25, 0.3) is 0 Å². The molecule has 4 N–H and O–H groups in total. The largest absolute Gasteiger partial charge is 0.393 e. The van der Waals surface area contributed by atoms with Crippen molar-refractivity contribution in [3.05, 3.63) is 60.2 Å². The summed E-state index contributed by atoms with van der Waals surface area (Å²) >= 11 is 0. The van der Waals surface area contributed by atoms with Crippen LogP contribution in [0.1, 0.15) is 51.0 Å². The highest BCUT2D eigenvalue weighted by atomic mass is 16.3. The lowest BCUT2D eigenvalue weighted by Gasteiger charge is -2.19. The van der Waals surface area contributed by atoms with Gasteiger partial charge in [-0.3, -0.25) is 4.79 Å². The van der Waals surface area contributed by atoms with Crippen molar-refractivity contribution in [3.8, 4) is 0 Å². The Hall–Kier alpha value is -1.95. The molecule has 0 spiro atoms. The van der Waals surface area contributed by atoms with Gasteiger partial charge in [0.1, 0.15) is 0 Å². The van der Waals surface area contributed by atoms with Crippen LogP contribution in [0.2, 0.25) is 0 Å². The topological polar surface area (TPSA) is 89.8 Å². The zero-order chi connectivity index (χ0) is 21.8. The van der Waals surface area contributed by atoms with Crippen LogP contribution < -0.4 is 5.32 Å². The van der Waals surface area contributed by atoms with Gasteiger partial charge in [0.15, 0.2) is 0 Å². The summed E-state index contributed by atoms with van der Waals surface area (Å²) < 4.78 is 0. The van der Waals surface area contributed by atoms with Gasteiger partial charge in [-0.1, -0.05) is 54.6 Å². The molecule has 1 aromatic carbocycles. The molecule has 5 atom stereocenters. The second-order valence-corrected chi connectivity index (χ2v) is 8.14. The summed E-state index contributed by atoms with van der Waals surface area (Å²) in [6.45, 7) is 2.57. The smallest absolute Gasteiger partial charge is 0.219 e. The van der Waals surface area contributed by atoms with E-state index >= 15 is 0 Å². The minimum atomic E-state index is -0.589. The maximum atomic E-state index is 11.4. The summed E-state index contributed by atoms with van der Waals surface area (Å²) in [4.78, 5) is 11.4. The average Bonchev–Trinajstić information content (AvgIpc) is 3.00. The molecule has 5 nitrogen and oxygen atoms in total. The number of aliphatic hydroxyl groups is 3. The predicted octanol–water partition coefficient (Wildman–Crippen LogP) is 3.15. The molecular weight excluding hydrogens is 378 g/mol. The van der Waals surface area contributed by atoms with Gasteiger partial charge in [0.05, 0.1) is 18.3 Å². The van der Waals surface area contributed by atoms with E-state index in [4.69, 9.17) is 0 Å². The second-order valence-electron chi connectivity index (χ2n) is 8.14. The first-order valence-electron chi connectivity index (χ1n) is 11.2. The zero-order valence-electron chi connectivity index (χ0n) is 18.0. The summed E-state index contributed by atoms with van der Waals surface area (Å²) in [5.74, 6) is -0.139. The zero-order valence-corrected chi connectivity index (χ0v) is 18.0. The van der Waals surface area contributed by atoms with Crippen molar-refractivity contribution < 1.29 is 20.1 Å². The maximum Gasteiger partial charge on any atom is 0.219 e. The number of nitrogens with one attached hydrogen (secondary N) is 1. The van der Waals surface area contributed by atoms with Crippen molar-refractivity contribution in [3.63, 3.8) is 0 Å². The van der Waals surface area contributed by atoms with Crippen LogP contribution in [0.25, 0.3) is 0 Å². The van der Waals surface area contributed by atoms with Crippen LogP contribution in [-0.4, -0.2) is 46.1 Å². The number of rotatable bonds is 12. The van der Waals surface area contributed by atoms with Gasteiger partial charge in [-0.15, -0.1) is 0 Å². The molecule has 5 heteroatoms. The van der Waals surface area contributed by atoms with Gasteiger partial charge in [0.2, 0.25) is 5.91 Å². The molecule has 1 aliphatic carbocycles. The number of benzene rings is 1. The van der Waals surface area contributed by atoms with Crippen molar-refractivity contribution in [2.24, 2.45) is 11.8 Å². The Bertz CT molecular complexity index is 673. The molecular formula is C25H37NO4. The molecule has 0 aromatic heterocycles. The minimum absolute atomic E-state index is 0.0581. The summed E-state index contributed by atoms with van der Waals surface area (Å²) in [6.07, 6.45) is 10.6. The third kappa shape index (κ3) is 8.42. The van der Waals surface area contributed by atoms with Crippen molar-refractivity contribution in [2.45, 2.75) is 70.2 Å². The highest BCUT2D eigenvalue weighted by Crippen LogP contribution is 2.36. The number of carbonyl (C=O) groups excluding carboxylic acids is 1. The number of carbonyl (C=O) groups is 1. The fraction of sp³-hybridized carbons (Fsp3) is 0.560. The van der Waals surface area contributed by atoms with Crippen molar-refractivity contribution in [1.82, 2.24) is 5.32 Å². The van der Waals surface area contributed by atoms with Crippen LogP contribution in [0.5, 0.6) is 0 Å². The Morgan fingerprint density at radius 1 is 1.20 bits per heavy atom. The molecule has 2 unspecified atom stereocenters. The molecule has 0 aliphatic heterocycles. The number of hydrogen-bond donors (Lipinski definition) is 4. The van der Waals surface area contributed by atoms with Crippen molar-refractivity contribution in [1.29, 1.82) is 0 Å². The summed E-state index contributed by atoms with van der Waals surface area (Å²) in [5.41, 5.74) is 1.19. The monoisotopic (exact) mass is 415 g/mol. The first kappa shape index (κ1) is 24.3. The Morgan fingerprint density at radius 2 is 1.97 bits per heavy atom. The first-order chi connectivity index (χ1) is 14.5. The Morgan fingerprint density at radius 3 is 2.70 bits per heavy atom. The Kier molecular flexibility index (Phi) is 10.8. The SMILES string of the molecule is CCNC(=O)CCC/C=C\C[C@H]1[C@@H](O)CC(O)[C@@H]1/C=C/C(O)CCc1ccccc1. The summed E-state index contributed by atoms with van der Waals surface area (Å²) in [7, 11) is 0. The number of aliphatic hydroxyl groups excluding tert-OH is 3. The summed E-state index contributed by atoms with van der Waals surface area (Å²) in [5, 5.41) is 33.8. The molecule has 0 saturated heterocycles. The lowest BCUT2D eigenvalue weighted by Crippen LogP contribution is -2.21. The highest BCUT2D eigenvalue weighted by molar-refractivity contribution is 5.75. The van der Waals surface area contributed by atoms with Gasteiger partial charge in [-0.05, 0) is 50.5 Å². The van der Waals surface area contributed by atoms with Gasteiger partial charge < -0.3 is 20.6 Å². The van der Waals surface area contributed by atoms with Crippen LogP contribution in [0, 0.1) is 11.8 Å². The molecule has 1 saturated carbocycles. The molecule has 1 aliphatic rings. The fourth-order valence-electron chi connectivity index (χ4n) is 4.06. The van der Waals surface area contributed by atoms with E-state index in [0.717, 1.165) is 19.3 Å². The lowest BCUT2D eigenvalue weighted by molar-refractivity contribution is -0.121. The molecule has 0 radical (unpaired) electrons. The van der Waals surface area contributed by atoms with Gasteiger partial charge >= 0.3 is 0 Å². The van der Waals surface area contributed by atoms with Crippen LogP contribution in [0.15, 0.2) is 54.6 Å². The summed E-state index contributed by atoms with van der Waals surface area (Å²) in [6, 6.07) is 10.1.